The fraction of sp³-hybridized carbons (Fsp3) is 0.364. The largest absolute Gasteiger partial charge is 0.468 e. The standard InChI is InChI=1S/C14H16O6.C8H10O2/c1-17-12(15)11(13(16)18-2)14-19-8-10(20-14)9-6-4-3-5-7-9;9-6-8(10)7-4-2-1-3-5-7/h3-7,10-11,14H,8H2,1-2H3;1-5,8-10H,6H2. The van der Waals surface area contributed by atoms with Gasteiger partial charge in [-0.1, -0.05) is 60.7 Å². The molecule has 3 rings (SSSR count). The van der Waals surface area contributed by atoms with Crippen molar-refractivity contribution in [1.82, 2.24) is 0 Å². The van der Waals surface area contributed by atoms with Gasteiger partial charge in [-0.05, 0) is 11.1 Å². The lowest BCUT2D eigenvalue weighted by molar-refractivity contribution is -0.179. The molecule has 1 fully saturated rings. The van der Waals surface area contributed by atoms with Crippen molar-refractivity contribution >= 4 is 11.9 Å². The van der Waals surface area contributed by atoms with E-state index in [4.69, 9.17) is 19.7 Å². The van der Waals surface area contributed by atoms with Crippen molar-refractivity contribution in [3.63, 3.8) is 0 Å². The van der Waals surface area contributed by atoms with Gasteiger partial charge in [-0.15, -0.1) is 0 Å². The van der Waals surface area contributed by atoms with Crippen molar-refractivity contribution in [2.24, 2.45) is 5.92 Å². The zero-order valence-corrected chi connectivity index (χ0v) is 16.8. The first-order chi connectivity index (χ1) is 14.5. The number of benzene rings is 2. The van der Waals surface area contributed by atoms with Crippen molar-refractivity contribution in [3.8, 4) is 0 Å². The Hall–Kier alpha value is -2.78. The van der Waals surface area contributed by atoms with E-state index in [0.29, 0.717) is 0 Å². The van der Waals surface area contributed by atoms with Crippen molar-refractivity contribution in [2.45, 2.75) is 18.5 Å². The molecule has 1 aliphatic heterocycles. The smallest absolute Gasteiger partial charge is 0.325 e. The Kier molecular flexibility index (Phi) is 9.43. The number of hydrogen-bond acceptors (Lipinski definition) is 8. The number of methoxy groups -OCH3 is 2. The molecule has 1 saturated heterocycles. The van der Waals surface area contributed by atoms with Crippen LogP contribution in [0.1, 0.15) is 23.3 Å². The molecule has 0 radical (unpaired) electrons. The normalized spacial score (nSPS) is 18.8. The highest BCUT2D eigenvalue weighted by atomic mass is 16.7. The summed E-state index contributed by atoms with van der Waals surface area (Å²) in [6.45, 7) is 0.0448. The van der Waals surface area contributed by atoms with E-state index in [1.165, 1.54) is 14.2 Å². The number of rotatable bonds is 6. The predicted octanol–water partition coefficient (Wildman–Crippen LogP) is 1.78. The van der Waals surface area contributed by atoms with Crippen LogP contribution in [0.5, 0.6) is 0 Å². The molecule has 0 spiro atoms. The van der Waals surface area contributed by atoms with Crippen LogP contribution in [0.2, 0.25) is 0 Å². The van der Waals surface area contributed by atoms with Gasteiger partial charge >= 0.3 is 11.9 Å². The van der Waals surface area contributed by atoms with E-state index in [9.17, 15) is 9.59 Å². The third-order valence-corrected chi connectivity index (χ3v) is 4.42. The lowest BCUT2D eigenvalue weighted by Crippen LogP contribution is -2.37. The first kappa shape index (κ1) is 23.5. The average molecular weight is 418 g/mol. The highest BCUT2D eigenvalue weighted by molar-refractivity contribution is 5.95. The van der Waals surface area contributed by atoms with Gasteiger partial charge < -0.3 is 29.2 Å². The molecule has 8 heteroatoms. The van der Waals surface area contributed by atoms with Gasteiger partial charge in [-0.25, -0.2) is 0 Å². The molecule has 0 saturated carbocycles. The van der Waals surface area contributed by atoms with Gasteiger partial charge in [0.25, 0.3) is 0 Å². The van der Waals surface area contributed by atoms with Crippen LogP contribution in [0.15, 0.2) is 60.7 Å². The molecule has 0 aliphatic carbocycles. The molecule has 3 unspecified atom stereocenters. The van der Waals surface area contributed by atoms with Crippen molar-refractivity contribution in [3.05, 3.63) is 71.8 Å². The first-order valence-corrected chi connectivity index (χ1v) is 9.33. The summed E-state index contributed by atoms with van der Waals surface area (Å²) in [6, 6.07) is 18.5. The van der Waals surface area contributed by atoms with Gasteiger partial charge in [-0.2, -0.15) is 0 Å². The Labute approximate surface area is 175 Å². The highest BCUT2D eigenvalue weighted by Gasteiger charge is 2.43. The topological polar surface area (TPSA) is 112 Å². The summed E-state index contributed by atoms with van der Waals surface area (Å²) >= 11 is 0. The van der Waals surface area contributed by atoms with Gasteiger partial charge in [-0.3, -0.25) is 9.59 Å². The van der Waals surface area contributed by atoms with Crippen molar-refractivity contribution in [2.75, 3.05) is 27.4 Å². The minimum Gasteiger partial charge on any atom is -0.468 e. The Morgan fingerprint density at radius 2 is 1.53 bits per heavy atom. The molecule has 8 nitrogen and oxygen atoms in total. The van der Waals surface area contributed by atoms with Crippen LogP contribution in [0.4, 0.5) is 0 Å². The lowest BCUT2D eigenvalue weighted by Gasteiger charge is -2.18. The molecule has 1 heterocycles. The number of esters is 2. The maximum Gasteiger partial charge on any atom is 0.325 e. The number of aliphatic hydroxyl groups is 2. The molecule has 2 aromatic carbocycles. The third-order valence-electron chi connectivity index (χ3n) is 4.42. The number of aliphatic hydroxyl groups excluding tert-OH is 2. The van der Waals surface area contributed by atoms with E-state index in [1.54, 1.807) is 12.1 Å². The molecule has 162 valence electrons. The van der Waals surface area contributed by atoms with Crippen LogP contribution in [-0.4, -0.2) is 55.9 Å². The molecule has 2 aromatic rings. The molecule has 30 heavy (non-hydrogen) atoms. The second-order valence-electron chi connectivity index (χ2n) is 6.37. The second kappa shape index (κ2) is 12.0. The SMILES string of the molecule is COC(=O)C(C(=O)OC)C1OCC(c2ccccc2)O1.OCC(O)c1ccccc1. The molecule has 2 N–H and O–H groups in total. The molecule has 0 amide bonds. The van der Waals surface area contributed by atoms with Gasteiger partial charge in [0.05, 0.1) is 27.4 Å². The number of ether oxygens (including phenoxy) is 4. The van der Waals surface area contributed by atoms with Gasteiger partial charge in [0.15, 0.2) is 6.29 Å². The first-order valence-electron chi connectivity index (χ1n) is 9.33. The van der Waals surface area contributed by atoms with E-state index >= 15 is 0 Å². The quantitative estimate of drug-likeness (QED) is 0.539. The lowest BCUT2D eigenvalue weighted by atomic mass is 10.1. The summed E-state index contributed by atoms with van der Waals surface area (Å²) in [7, 11) is 2.39. The fourth-order valence-corrected chi connectivity index (χ4v) is 2.79. The summed E-state index contributed by atoms with van der Waals surface area (Å²) in [5.41, 5.74) is 1.67. The summed E-state index contributed by atoms with van der Waals surface area (Å²) in [6.07, 6.45) is -2.06. The molecule has 3 atom stereocenters. The van der Waals surface area contributed by atoms with Crippen molar-refractivity contribution in [1.29, 1.82) is 0 Å². The van der Waals surface area contributed by atoms with Crippen LogP contribution >= 0.6 is 0 Å². The van der Waals surface area contributed by atoms with E-state index < -0.39 is 30.3 Å². The Bertz CT molecular complexity index is 764. The van der Waals surface area contributed by atoms with Crippen molar-refractivity contribution < 1.29 is 38.7 Å². The molecular weight excluding hydrogens is 392 g/mol. The Morgan fingerprint density at radius 1 is 1.00 bits per heavy atom. The highest BCUT2D eigenvalue weighted by Crippen LogP contribution is 2.30. The van der Waals surface area contributed by atoms with Crippen LogP contribution in [0.25, 0.3) is 0 Å². The zero-order valence-electron chi connectivity index (χ0n) is 16.8. The summed E-state index contributed by atoms with van der Waals surface area (Å²) < 4.78 is 20.2. The summed E-state index contributed by atoms with van der Waals surface area (Å²) in [5, 5.41) is 17.6. The maximum absolute atomic E-state index is 11.7. The van der Waals surface area contributed by atoms with Gasteiger partial charge in [0.2, 0.25) is 5.92 Å². The van der Waals surface area contributed by atoms with E-state index in [1.807, 2.05) is 48.5 Å². The molecular formula is C22H26O8. The van der Waals surface area contributed by atoms with Gasteiger partial charge in [0.1, 0.15) is 12.2 Å². The molecule has 1 aliphatic rings. The number of hydrogen-bond donors (Lipinski definition) is 2. The number of carbonyl (C=O) groups is 2. The molecule has 0 bridgehead atoms. The Morgan fingerprint density at radius 3 is 2.03 bits per heavy atom. The zero-order chi connectivity index (χ0) is 21.9. The summed E-state index contributed by atoms with van der Waals surface area (Å²) in [5.74, 6) is -2.72. The molecule has 0 aromatic heterocycles. The minimum absolute atomic E-state index is 0.218. The van der Waals surface area contributed by atoms with Gasteiger partial charge in [0, 0.05) is 0 Å². The second-order valence-corrected chi connectivity index (χ2v) is 6.37. The maximum atomic E-state index is 11.7. The summed E-state index contributed by atoms with van der Waals surface area (Å²) in [4.78, 5) is 23.3. The van der Waals surface area contributed by atoms with E-state index in [0.717, 1.165) is 11.1 Å². The van der Waals surface area contributed by atoms with Crippen LogP contribution < -0.4 is 0 Å². The fourth-order valence-electron chi connectivity index (χ4n) is 2.79. The average Bonchev–Trinajstić information content (AvgIpc) is 3.29. The number of carbonyl (C=O) groups excluding carboxylic acids is 2. The van der Waals surface area contributed by atoms with Crippen LogP contribution in [0, 0.1) is 5.92 Å². The van der Waals surface area contributed by atoms with Crippen LogP contribution in [-0.2, 0) is 28.5 Å². The monoisotopic (exact) mass is 418 g/mol. The van der Waals surface area contributed by atoms with E-state index in [-0.39, 0.29) is 19.3 Å². The van der Waals surface area contributed by atoms with Crippen LogP contribution in [0.3, 0.4) is 0 Å². The predicted molar refractivity (Wildman–Crippen MR) is 106 cm³/mol. The Balaban J connectivity index is 0.000000269. The minimum atomic E-state index is -1.24. The van der Waals surface area contributed by atoms with E-state index in [2.05, 4.69) is 9.47 Å². The third kappa shape index (κ3) is 6.36.